The number of hydrogen-bond acceptors (Lipinski definition) is 5. The minimum Gasteiger partial charge on any atom is -0.466 e. The van der Waals surface area contributed by atoms with Crippen LogP contribution < -0.4 is 0 Å². The average molecular weight is 386 g/mol. The summed E-state index contributed by atoms with van der Waals surface area (Å²) in [6, 6.07) is 3.73. The van der Waals surface area contributed by atoms with E-state index in [0.717, 1.165) is 0 Å². The molecule has 0 aromatic heterocycles. The van der Waals surface area contributed by atoms with E-state index in [1.807, 2.05) is 0 Å². The van der Waals surface area contributed by atoms with Gasteiger partial charge in [-0.25, -0.2) is 9.18 Å². The van der Waals surface area contributed by atoms with Crippen molar-refractivity contribution in [1.29, 1.82) is 0 Å². The SMILES string of the molecule is CCOC(=O)CC(=O)[C@@H]1CCN(C(=O)OC)[C@H](c2ccc(Cl)c(F)c2)C1. The Morgan fingerprint density at radius 2 is 2.08 bits per heavy atom. The Morgan fingerprint density at radius 3 is 2.69 bits per heavy atom. The molecule has 142 valence electrons. The smallest absolute Gasteiger partial charge is 0.409 e. The molecule has 6 nitrogen and oxygen atoms in total. The summed E-state index contributed by atoms with van der Waals surface area (Å²) in [6.07, 6.45) is -0.186. The lowest BCUT2D eigenvalue weighted by Crippen LogP contribution is -2.43. The topological polar surface area (TPSA) is 72.9 Å². The van der Waals surface area contributed by atoms with Gasteiger partial charge in [0, 0.05) is 12.5 Å². The highest BCUT2D eigenvalue weighted by atomic mass is 35.5. The number of likely N-dealkylation sites (tertiary alicyclic amines) is 1. The van der Waals surface area contributed by atoms with Gasteiger partial charge in [-0.15, -0.1) is 0 Å². The molecule has 2 rings (SSSR count). The number of Topliss-reactive ketones (excluding diaryl/α,β-unsaturated/α-hetero) is 1. The fourth-order valence-corrected chi connectivity index (χ4v) is 3.25. The molecule has 1 heterocycles. The predicted molar refractivity (Wildman–Crippen MR) is 92.2 cm³/mol. The van der Waals surface area contributed by atoms with Crippen LogP contribution >= 0.6 is 11.6 Å². The lowest BCUT2D eigenvalue weighted by atomic mass is 9.84. The lowest BCUT2D eigenvalue weighted by molar-refractivity contribution is -0.146. The Kier molecular flexibility index (Phi) is 6.97. The zero-order valence-corrected chi connectivity index (χ0v) is 15.4. The number of methoxy groups -OCH3 is 1. The second-order valence-electron chi connectivity index (χ2n) is 6.02. The molecule has 2 atom stereocenters. The van der Waals surface area contributed by atoms with E-state index in [0.29, 0.717) is 12.0 Å². The van der Waals surface area contributed by atoms with Crippen LogP contribution in [0.2, 0.25) is 5.02 Å². The first-order valence-corrected chi connectivity index (χ1v) is 8.73. The Bertz CT molecular complexity index is 696. The van der Waals surface area contributed by atoms with Crippen molar-refractivity contribution in [1.82, 2.24) is 4.90 Å². The number of carbonyl (C=O) groups is 3. The van der Waals surface area contributed by atoms with Gasteiger partial charge in [-0.1, -0.05) is 17.7 Å². The second-order valence-corrected chi connectivity index (χ2v) is 6.43. The Hall–Kier alpha value is -2.15. The number of halogens is 2. The fourth-order valence-electron chi connectivity index (χ4n) is 3.13. The van der Waals surface area contributed by atoms with Crippen LogP contribution in [0, 0.1) is 11.7 Å². The van der Waals surface area contributed by atoms with Gasteiger partial charge in [0.1, 0.15) is 18.0 Å². The molecule has 1 saturated heterocycles. The summed E-state index contributed by atoms with van der Waals surface area (Å²) in [4.78, 5) is 37.5. The first-order valence-electron chi connectivity index (χ1n) is 8.35. The van der Waals surface area contributed by atoms with Gasteiger partial charge in [0.2, 0.25) is 0 Å². The van der Waals surface area contributed by atoms with Crippen LogP contribution in [0.4, 0.5) is 9.18 Å². The normalized spacial score (nSPS) is 19.8. The molecule has 1 amide bonds. The molecule has 0 N–H and O–H groups in total. The zero-order valence-electron chi connectivity index (χ0n) is 14.7. The van der Waals surface area contributed by atoms with Crippen molar-refractivity contribution in [2.24, 2.45) is 5.92 Å². The third kappa shape index (κ3) is 4.72. The van der Waals surface area contributed by atoms with Gasteiger partial charge in [0.05, 0.1) is 24.8 Å². The number of nitrogens with zero attached hydrogens (tertiary/aromatic N) is 1. The third-order valence-electron chi connectivity index (χ3n) is 4.42. The summed E-state index contributed by atoms with van der Waals surface area (Å²) >= 11 is 5.73. The fraction of sp³-hybridized carbons (Fsp3) is 0.500. The second kappa shape index (κ2) is 8.98. The van der Waals surface area contributed by atoms with Gasteiger partial charge in [-0.3, -0.25) is 9.59 Å². The van der Waals surface area contributed by atoms with Gasteiger partial charge >= 0.3 is 12.1 Å². The standard InChI is InChI=1S/C18H21ClFNO5/c1-3-26-17(23)10-16(22)12-6-7-21(18(24)25-2)15(9-12)11-4-5-13(19)14(20)8-11/h4-5,8,12,15H,3,6-7,9-10H2,1-2H3/t12-,15+/m1/s1. The summed E-state index contributed by atoms with van der Waals surface area (Å²) in [7, 11) is 1.26. The van der Waals surface area contributed by atoms with E-state index in [-0.39, 0.29) is 36.8 Å². The first kappa shape index (κ1) is 20.2. The molecule has 8 heteroatoms. The van der Waals surface area contributed by atoms with Crippen molar-refractivity contribution in [3.05, 3.63) is 34.6 Å². The van der Waals surface area contributed by atoms with E-state index in [4.69, 9.17) is 21.1 Å². The van der Waals surface area contributed by atoms with Crippen molar-refractivity contribution in [2.45, 2.75) is 32.2 Å². The van der Waals surface area contributed by atoms with E-state index >= 15 is 0 Å². The van der Waals surface area contributed by atoms with Gasteiger partial charge in [0.15, 0.2) is 0 Å². The zero-order chi connectivity index (χ0) is 19.3. The Labute approximate surface area is 156 Å². The summed E-state index contributed by atoms with van der Waals surface area (Å²) in [5.41, 5.74) is 0.519. The maximum Gasteiger partial charge on any atom is 0.409 e. The number of benzene rings is 1. The van der Waals surface area contributed by atoms with E-state index in [2.05, 4.69) is 0 Å². The number of esters is 1. The van der Waals surface area contributed by atoms with E-state index < -0.39 is 29.8 Å². The molecule has 1 aromatic rings. The molecule has 0 aliphatic carbocycles. The number of ether oxygens (including phenoxy) is 2. The van der Waals surface area contributed by atoms with Gasteiger partial charge in [0.25, 0.3) is 0 Å². The van der Waals surface area contributed by atoms with Crippen molar-refractivity contribution in [3.63, 3.8) is 0 Å². The minimum absolute atomic E-state index is 0.0240. The van der Waals surface area contributed by atoms with Crippen molar-refractivity contribution in [2.75, 3.05) is 20.3 Å². The monoisotopic (exact) mass is 385 g/mol. The molecule has 1 fully saturated rings. The van der Waals surface area contributed by atoms with E-state index in [1.165, 1.54) is 24.1 Å². The summed E-state index contributed by atoms with van der Waals surface area (Å²) in [6.45, 7) is 2.14. The van der Waals surface area contributed by atoms with Gasteiger partial charge in [-0.2, -0.15) is 0 Å². The number of amides is 1. The highest BCUT2D eigenvalue weighted by Gasteiger charge is 2.36. The van der Waals surface area contributed by atoms with Crippen LogP contribution in [0.15, 0.2) is 18.2 Å². The van der Waals surface area contributed by atoms with Crippen LogP contribution in [-0.2, 0) is 19.1 Å². The molecule has 1 aromatic carbocycles. The van der Waals surface area contributed by atoms with Crippen LogP contribution in [-0.4, -0.2) is 43.0 Å². The summed E-state index contributed by atoms with van der Waals surface area (Å²) in [5, 5.41) is -0.0240. The largest absolute Gasteiger partial charge is 0.466 e. The molecule has 0 unspecified atom stereocenters. The molecular formula is C18H21ClFNO5. The van der Waals surface area contributed by atoms with Crippen molar-refractivity contribution >= 4 is 29.4 Å². The lowest BCUT2D eigenvalue weighted by Gasteiger charge is -2.38. The quantitative estimate of drug-likeness (QED) is 0.572. The number of carbonyl (C=O) groups excluding carboxylic acids is 3. The molecular weight excluding hydrogens is 365 g/mol. The highest BCUT2D eigenvalue weighted by molar-refractivity contribution is 6.30. The van der Waals surface area contributed by atoms with Crippen molar-refractivity contribution < 1.29 is 28.2 Å². The maximum absolute atomic E-state index is 13.9. The summed E-state index contributed by atoms with van der Waals surface area (Å²) < 4.78 is 23.5. The van der Waals surface area contributed by atoms with Gasteiger partial charge < -0.3 is 14.4 Å². The maximum atomic E-state index is 13.9. The molecule has 1 aliphatic heterocycles. The number of piperidine rings is 1. The van der Waals surface area contributed by atoms with Crippen LogP contribution in [0.5, 0.6) is 0 Å². The van der Waals surface area contributed by atoms with E-state index in [9.17, 15) is 18.8 Å². The molecule has 0 spiro atoms. The Morgan fingerprint density at radius 1 is 1.35 bits per heavy atom. The summed E-state index contributed by atoms with van der Waals surface area (Å²) in [5.74, 6) is -1.84. The third-order valence-corrected chi connectivity index (χ3v) is 4.73. The van der Waals surface area contributed by atoms with E-state index in [1.54, 1.807) is 13.0 Å². The predicted octanol–water partition coefficient (Wildman–Crippen LogP) is 3.52. The number of ketones is 1. The van der Waals surface area contributed by atoms with Crippen LogP contribution in [0.1, 0.15) is 37.8 Å². The minimum atomic E-state index is -0.603. The number of rotatable bonds is 5. The molecule has 1 aliphatic rings. The molecule has 0 bridgehead atoms. The van der Waals surface area contributed by atoms with Gasteiger partial charge in [-0.05, 0) is 37.5 Å². The van der Waals surface area contributed by atoms with Crippen LogP contribution in [0.3, 0.4) is 0 Å². The average Bonchev–Trinajstić information content (AvgIpc) is 2.63. The van der Waals surface area contributed by atoms with Crippen LogP contribution in [0.25, 0.3) is 0 Å². The molecule has 0 radical (unpaired) electrons. The van der Waals surface area contributed by atoms with Crippen molar-refractivity contribution in [3.8, 4) is 0 Å². The first-order chi connectivity index (χ1) is 12.4. The Balaban J connectivity index is 2.21. The number of hydrogen-bond donors (Lipinski definition) is 0. The highest BCUT2D eigenvalue weighted by Crippen LogP contribution is 2.36. The molecule has 0 saturated carbocycles. The molecule has 26 heavy (non-hydrogen) atoms.